The van der Waals surface area contributed by atoms with Crippen molar-refractivity contribution in [2.75, 3.05) is 18.4 Å². The first kappa shape index (κ1) is 26.4. The lowest BCUT2D eigenvalue weighted by Gasteiger charge is -2.33. The smallest absolute Gasteiger partial charge is 0.410 e. The second-order valence-electron chi connectivity index (χ2n) is 11.1. The quantitative estimate of drug-likeness (QED) is 0.555. The zero-order valence-electron chi connectivity index (χ0n) is 22.2. The van der Waals surface area contributed by atoms with Gasteiger partial charge in [-0.2, -0.15) is 5.10 Å². The van der Waals surface area contributed by atoms with E-state index >= 15 is 0 Å². The van der Waals surface area contributed by atoms with Crippen molar-refractivity contribution in [2.24, 2.45) is 0 Å². The van der Waals surface area contributed by atoms with Crippen molar-refractivity contribution in [2.45, 2.75) is 70.7 Å². The minimum Gasteiger partial charge on any atom is -0.444 e. The molecule has 0 bridgehead atoms. The molecule has 0 radical (unpaired) electrons. The fourth-order valence-electron chi connectivity index (χ4n) is 5.17. The van der Waals surface area contributed by atoms with Gasteiger partial charge in [0.25, 0.3) is 11.8 Å². The van der Waals surface area contributed by atoms with Gasteiger partial charge in [-0.15, -0.1) is 0 Å². The van der Waals surface area contributed by atoms with Crippen LogP contribution in [0.5, 0.6) is 0 Å². The van der Waals surface area contributed by atoms with E-state index in [4.69, 9.17) is 4.74 Å². The van der Waals surface area contributed by atoms with Crippen molar-refractivity contribution in [3.05, 3.63) is 47.3 Å². The largest absolute Gasteiger partial charge is 0.444 e. The fourth-order valence-corrected chi connectivity index (χ4v) is 5.17. The molecule has 2 aromatic rings. The summed E-state index contributed by atoms with van der Waals surface area (Å²) in [7, 11) is 0. The van der Waals surface area contributed by atoms with Crippen LogP contribution in [0.1, 0.15) is 78.8 Å². The second kappa shape index (κ2) is 10.2. The number of aromatic nitrogens is 2. The van der Waals surface area contributed by atoms with E-state index in [9.17, 15) is 24.0 Å². The highest BCUT2D eigenvalue weighted by molar-refractivity contribution is 6.25. The summed E-state index contributed by atoms with van der Waals surface area (Å²) in [6, 6.07) is 4.10. The Hall–Kier alpha value is -4.22. The molecule has 2 fully saturated rings. The Morgan fingerprint density at radius 3 is 2.54 bits per heavy atom. The molecule has 4 heterocycles. The van der Waals surface area contributed by atoms with Crippen molar-refractivity contribution >= 4 is 35.4 Å². The Kier molecular flexibility index (Phi) is 6.87. The number of nitrogens with one attached hydrogen (secondary N) is 2. The van der Waals surface area contributed by atoms with Crippen LogP contribution < -0.4 is 10.6 Å². The number of carbonyl (C=O) groups is 5. The molecule has 12 heteroatoms. The summed E-state index contributed by atoms with van der Waals surface area (Å²) in [6.07, 6.45) is 5.07. The molecule has 206 valence electrons. The number of nitrogens with zero attached hydrogens (tertiary/aromatic N) is 4. The summed E-state index contributed by atoms with van der Waals surface area (Å²) >= 11 is 0. The number of benzene rings is 1. The highest BCUT2D eigenvalue weighted by atomic mass is 16.6. The Morgan fingerprint density at radius 1 is 1.10 bits per heavy atom. The third kappa shape index (κ3) is 5.36. The van der Waals surface area contributed by atoms with E-state index in [1.807, 2.05) is 31.6 Å². The lowest BCUT2D eigenvalue weighted by atomic mass is 10.0. The Labute approximate surface area is 225 Å². The van der Waals surface area contributed by atoms with Crippen LogP contribution in [0.15, 0.2) is 30.6 Å². The molecule has 0 saturated carbocycles. The van der Waals surface area contributed by atoms with Crippen LogP contribution in [0.25, 0.3) is 0 Å². The molecule has 1 atom stereocenters. The van der Waals surface area contributed by atoms with Crippen LogP contribution in [-0.4, -0.2) is 74.0 Å². The van der Waals surface area contributed by atoms with E-state index in [2.05, 4.69) is 15.7 Å². The van der Waals surface area contributed by atoms with Crippen molar-refractivity contribution in [1.29, 1.82) is 0 Å². The van der Waals surface area contributed by atoms with Crippen molar-refractivity contribution < 1.29 is 28.7 Å². The minimum absolute atomic E-state index is 0.0684. The van der Waals surface area contributed by atoms with Gasteiger partial charge in [0, 0.05) is 43.5 Å². The lowest BCUT2D eigenvalue weighted by Crippen LogP contribution is -2.54. The zero-order valence-corrected chi connectivity index (χ0v) is 22.2. The number of piperidine rings is 2. The Morgan fingerprint density at radius 2 is 1.85 bits per heavy atom. The molecule has 3 aliphatic heterocycles. The molecule has 1 aromatic carbocycles. The normalized spacial score (nSPS) is 20.2. The molecule has 5 rings (SSSR count). The van der Waals surface area contributed by atoms with E-state index in [-0.39, 0.29) is 36.1 Å². The number of rotatable bonds is 5. The third-order valence-corrected chi connectivity index (χ3v) is 7.10. The number of imide groups is 2. The molecule has 5 amide bonds. The van der Waals surface area contributed by atoms with Gasteiger partial charge in [-0.1, -0.05) is 6.07 Å². The van der Waals surface area contributed by atoms with E-state index in [1.54, 1.807) is 29.3 Å². The maximum atomic E-state index is 13.3. The minimum atomic E-state index is -1.01. The molecule has 1 unspecified atom stereocenters. The topological polar surface area (TPSA) is 143 Å². The standard InChI is InChI=1S/C27H32N6O6/c1-27(2,3)39-26(38)31-11-9-17(10-12-31)32-15-16(14-29-32)13-28-19-6-4-5-18-22(19)25(37)33(24(18)36)20-7-8-21(34)30-23(20)35/h4-6,14-15,17,20,28H,7-13H2,1-3H3,(H,30,34,35). The maximum Gasteiger partial charge on any atom is 0.410 e. The van der Waals surface area contributed by atoms with Gasteiger partial charge in [0.1, 0.15) is 11.6 Å². The molecule has 2 N–H and O–H groups in total. The molecule has 2 saturated heterocycles. The number of ether oxygens (including phenoxy) is 1. The average Bonchev–Trinajstić information content (AvgIpc) is 3.45. The Balaban J connectivity index is 1.21. The first-order valence-corrected chi connectivity index (χ1v) is 13.1. The van der Waals surface area contributed by atoms with Gasteiger partial charge in [-0.25, -0.2) is 4.79 Å². The summed E-state index contributed by atoms with van der Waals surface area (Å²) in [5.74, 6) is -2.15. The first-order chi connectivity index (χ1) is 18.5. The van der Waals surface area contributed by atoms with Crippen LogP contribution >= 0.6 is 0 Å². The summed E-state index contributed by atoms with van der Waals surface area (Å²) in [5.41, 5.74) is 1.29. The van der Waals surface area contributed by atoms with Gasteiger partial charge >= 0.3 is 6.09 Å². The first-order valence-electron chi connectivity index (χ1n) is 13.1. The number of fused-ring (bicyclic) bond motifs is 1. The van der Waals surface area contributed by atoms with E-state index in [0.29, 0.717) is 25.3 Å². The van der Waals surface area contributed by atoms with Gasteiger partial charge in [0.2, 0.25) is 11.8 Å². The van der Waals surface area contributed by atoms with Crippen LogP contribution in [-0.2, 0) is 20.9 Å². The number of likely N-dealkylation sites (tertiary alicyclic amines) is 1. The van der Waals surface area contributed by atoms with Gasteiger partial charge < -0.3 is 15.0 Å². The van der Waals surface area contributed by atoms with Crippen LogP contribution in [0.2, 0.25) is 0 Å². The fraction of sp³-hybridized carbons (Fsp3) is 0.481. The second-order valence-corrected chi connectivity index (χ2v) is 11.1. The predicted molar refractivity (Wildman–Crippen MR) is 139 cm³/mol. The number of hydrogen-bond acceptors (Lipinski definition) is 8. The summed E-state index contributed by atoms with van der Waals surface area (Å²) in [4.78, 5) is 65.2. The number of hydrogen-bond donors (Lipinski definition) is 2. The summed E-state index contributed by atoms with van der Waals surface area (Å²) in [5, 5.41) is 9.95. The molecule has 3 aliphatic rings. The van der Waals surface area contributed by atoms with Crippen molar-refractivity contribution in [3.8, 4) is 0 Å². The van der Waals surface area contributed by atoms with E-state index in [1.165, 1.54) is 0 Å². The molecular formula is C27H32N6O6. The van der Waals surface area contributed by atoms with Gasteiger partial charge in [0.05, 0.1) is 23.4 Å². The number of carbonyl (C=O) groups excluding carboxylic acids is 5. The summed E-state index contributed by atoms with van der Waals surface area (Å²) in [6.45, 7) is 7.09. The van der Waals surface area contributed by atoms with Crippen LogP contribution in [0, 0.1) is 0 Å². The van der Waals surface area contributed by atoms with Gasteiger partial charge in [0.15, 0.2) is 0 Å². The number of anilines is 1. The molecule has 39 heavy (non-hydrogen) atoms. The molecular weight excluding hydrogens is 504 g/mol. The summed E-state index contributed by atoms with van der Waals surface area (Å²) < 4.78 is 7.37. The highest BCUT2D eigenvalue weighted by Crippen LogP contribution is 2.33. The predicted octanol–water partition coefficient (Wildman–Crippen LogP) is 2.47. The molecule has 0 aliphatic carbocycles. The highest BCUT2D eigenvalue weighted by Gasteiger charge is 2.45. The zero-order chi connectivity index (χ0) is 27.9. The molecule has 1 aromatic heterocycles. The van der Waals surface area contributed by atoms with Crippen molar-refractivity contribution in [3.63, 3.8) is 0 Å². The lowest BCUT2D eigenvalue weighted by molar-refractivity contribution is -0.136. The average molecular weight is 537 g/mol. The van der Waals surface area contributed by atoms with Gasteiger partial charge in [-0.05, 0) is 52.2 Å². The molecule has 12 nitrogen and oxygen atoms in total. The Bertz CT molecular complexity index is 1340. The monoisotopic (exact) mass is 536 g/mol. The SMILES string of the molecule is CC(C)(C)OC(=O)N1CCC(n2cc(CNc3cccc4c3C(=O)N(C3CCC(=O)NC3=O)C4=O)cn2)CC1. The van der Waals surface area contributed by atoms with Crippen LogP contribution in [0.3, 0.4) is 0 Å². The number of amides is 5. The van der Waals surface area contributed by atoms with Gasteiger partial charge in [-0.3, -0.25) is 34.1 Å². The molecule has 0 spiro atoms. The van der Waals surface area contributed by atoms with Crippen LogP contribution in [0.4, 0.5) is 10.5 Å². The maximum absolute atomic E-state index is 13.3. The van der Waals surface area contributed by atoms with E-state index < -0.39 is 35.3 Å². The van der Waals surface area contributed by atoms with Crippen molar-refractivity contribution in [1.82, 2.24) is 24.9 Å². The van der Waals surface area contributed by atoms with E-state index in [0.717, 1.165) is 23.3 Å². The third-order valence-electron chi connectivity index (χ3n) is 7.10.